The molecule has 10 heteroatoms. The molecule has 0 saturated heterocycles. The number of anilines is 1. The molecule has 2 amide bonds. The summed E-state index contributed by atoms with van der Waals surface area (Å²) in [6.45, 7) is 0. The molecule has 0 unspecified atom stereocenters. The highest BCUT2D eigenvalue weighted by Crippen LogP contribution is 2.39. The molecule has 0 atom stereocenters. The van der Waals surface area contributed by atoms with Gasteiger partial charge in [-0.25, -0.2) is 9.58 Å². The molecule has 1 aliphatic heterocycles. The Labute approximate surface area is 203 Å². The summed E-state index contributed by atoms with van der Waals surface area (Å²) in [6.07, 6.45) is 0. The van der Waals surface area contributed by atoms with Gasteiger partial charge in [0.25, 0.3) is 17.5 Å². The van der Waals surface area contributed by atoms with Crippen LogP contribution >= 0.6 is 11.8 Å². The Morgan fingerprint density at radius 2 is 1.63 bits per heavy atom. The fourth-order valence-corrected chi connectivity index (χ4v) is 4.80. The SMILES string of the molecule is N#Cc1c(SCc2ccccc2)nn(-c2ccccc2)c1N1C(=O)c2cccc([N+](=O)[O-])c2C1=O. The molecule has 0 N–H and O–H groups in total. The van der Waals surface area contributed by atoms with E-state index in [0.29, 0.717) is 16.5 Å². The molecule has 0 bridgehead atoms. The zero-order chi connectivity index (χ0) is 24.5. The number of benzene rings is 3. The summed E-state index contributed by atoms with van der Waals surface area (Å²) >= 11 is 1.30. The van der Waals surface area contributed by atoms with Crippen molar-refractivity contribution in [3.05, 3.63) is 111 Å². The van der Waals surface area contributed by atoms with Crippen molar-refractivity contribution in [3.63, 3.8) is 0 Å². The number of carbonyl (C=O) groups is 2. The quantitative estimate of drug-likeness (QED) is 0.169. The number of para-hydroxylation sites is 1. The fraction of sp³-hybridized carbons (Fsp3) is 0.0400. The summed E-state index contributed by atoms with van der Waals surface area (Å²) in [5, 5.41) is 26.5. The molecule has 5 rings (SSSR count). The largest absolute Gasteiger partial charge is 0.283 e. The van der Waals surface area contributed by atoms with Crippen molar-refractivity contribution in [2.45, 2.75) is 10.8 Å². The molecule has 35 heavy (non-hydrogen) atoms. The third-order valence-corrected chi connectivity index (χ3v) is 6.50. The van der Waals surface area contributed by atoms with Crippen LogP contribution in [-0.2, 0) is 5.75 Å². The molecule has 170 valence electrons. The van der Waals surface area contributed by atoms with Crippen molar-refractivity contribution in [1.82, 2.24) is 9.78 Å². The first-order valence-electron chi connectivity index (χ1n) is 10.4. The van der Waals surface area contributed by atoms with Gasteiger partial charge in [-0.15, -0.1) is 0 Å². The van der Waals surface area contributed by atoms with Crippen molar-refractivity contribution in [1.29, 1.82) is 5.26 Å². The summed E-state index contributed by atoms with van der Waals surface area (Å²) in [6, 6.07) is 24.3. The lowest BCUT2D eigenvalue weighted by Gasteiger charge is -2.16. The second-order valence-electron chi connectivity index (χ2n) is 7.54. The molecular formula is C25H15N5O4S. The van der Waals surface area contributed by atoms with Gasteiger partial charge in [-0.05, 0) is 23.8 Å². The number of nitro benzene ring substituents is 1. The molecule has 9 nitrogen and oxygen atoms in total. The average Bonchev–Trinajstić information content (AvgIpc) is 3.37. The van der Waals surface area contributed by atoms with Crippen LogP contribution in [0.3, 0.4) is 0 Å². The van der Waals surface area contributed by atoms with E-state index in [-0.39, 0.29) is 22.5 Å². The predicted octanol–water partition coefficient (Wildman–Crippen LogP) is 4.75. The molecule has 0 aliphatic carbocycles. The minimum Gasteiger partial charge on any atom is -0.268 e. The maximum atomic E-state index is 13.4. The summed E-state index contributed by atoms with van der Waals surface area (Å²) < 4.78 is 1.36. The third-order valence-electron chi connectivity index (χ3n) is 5.46. The van der Waals surface area contributed by atoms with Crippen LogP contribution in [0.25, 0.3) is 5.69 Å². The van der Waals surface area contributed by atoms with Gasteiger partial charge in [0.05, 0.1) is 16.2 Å². The van der Waals surface area contributed by atoms with E-state index in [1.165, 1.54) is 34.6 Å². The Morgan fingerprint density at radius 1 is 0.943 bits per heavy atom. The highest BCUT2D eigenvalue weighted by Gasteiger charge is 2.45. The second-order valence-corrected chi connectivity index (χ2v) is 8.50. The van der Waals surface area contributed by atoms with Crippen LogP contribution in [-0.4, -0.2) is 26.5 Å². The zero-order valence-electron chi connectivity index (χ0n) is 18.0. The number of amides is 2. The number of nitriles is 1. The zero-order valence-corrected chi connectivity index (χ0v) is 18.8. The lowest BCUT2D eigenvalue weighted by Crippen LogP contribution is -2.32. The molecule has 0 saturated carbocycles. The van der Waals surface area contributed by atoms with Crippen molar-refractivity contribution in [3.8, 4) is 11.8 Å². The van der Waals surface area contributed by atoms with E-state index in [0.717, 1.165) is 10.5 Å². The number of hydrogen-bond donors (Lipinski definition) is 0. The number of thioether (sulfide) groups is 1. The molecule has 3 aromatic carbocycles. The van der Waals surface area contributed by atoms with E-state index < -0.39 is 22.4 Å². The Kier molecular flexibility index (Phi) is 5.60. The van der Waals surface area contributed by atoms with Gasteiger partial charge in [0.1, 0.15) is 22.2 Å². The van der Waals surface area contributed by atoms with Crippen LogP contribution < -0.4 is 4.90 Å². The van der Waals surface area contributed by atoms with Gasteiger partial charge in [0.15, 0.2) is 5.82 Å². The van der Waals surface area contributed by atoms with Crippen molar-refractivity contribution < 1.29 is 14.5 Å². The van der Waals surface area contributed by atoms with Crippen LogP contribution in [0.4, 0.5) is 11.5 Å². The lowest BCUT2D eigenvalue weighted by molar-refractivity contribution is -0.385. The topological polar surface area (TPSA) is 122 Å². The summed E-state index contributed by atoms with van der Waals surface area (Å²) in [7, 11) is 0. The summed E-state index contributed by atoms with van der Waals surface area (Å²) in [5.41, 5.74) is 0.710. The predicted molar refractivity (Wildman–Crippen MR) is 129 cm³/mol. The van der Waals surface area contributed by atoms with E-state index in [4.69, 9.17) is 0 Å². The summed E-state index contributed by atoms with van der Waals surface area (Å²) in [5.74, 6) is -1.16. The Balaban J connectivity index is 1.67. The molecular weight excluding hydrogens is 466 g/mol. The van der Waals surface area contributed by atoms with E-state index in [1.54, 1.807) is 30.3 Å². The van der Waals surface area contributed by atoms with Gasteiger partial charge in [0, 0.05) is 11.8 Å². The third kappa shape index (κ3) is 3.74. The van der Waals surface area contributed by atoms with Crippen LogP contribution in [0, 0.1) is 21.4 Å². The van der Waals surface area contributed by atoms with E-state index in [2.05, 4.69) is 11.2 Å². The molecule has 1 aliphatic rings. The Bertz CT molecular complexity index is 1530. The first-order valence-corrected chi connectivity index (χ1v) is 11.4. The molecule has 0 spiro atoms. The first-order chi connectivity index (χ1) is 17.0. The van der Waals surface area contributed by atoms with Crippen LogP contribution in [0.1, 0.15) is 31.8 Å². The second kappa shape index (κ2) is 8.89. The number of imide groups is 1. The molecule has 0 fully saturated rings. The lowest BCUT2D eigenvalue weighted by atomic mass is 10.1. The maximum absolute atomic E-state index is 13.4. The summed E-state index contributed by atoms with van der Waals surface area (Å²) in [4.78, 5) is 38.4. The maximum Gasteiger partial charge on any atom is 0.283 e. The number of rotatable bonds is 6. The first kappa shape index (κ1) is 22.1. The Morgan fingerprint density at radius 3 is 2.29 bits per heavy atom. The van der Waals surface area contributed by atoms with E-state index in [1.807, 2.05) is 30.3 Å². The number of hydrogen-bond acceptors (Lipinski definition) is 7. The van der Waals surface area contributed by atoms with Crippen LogP contribution in [0.2, 0.25) is 0 Å². The van der Waals surface area contributed by atoms with Crippen molar-refractivity contribution in [2.75, 3.05) is 4.90 Å². The average molecular weight is 481 g/mol. The molecule has 1 aromatic heterocycles. The van der Waals surface area contributed by atoms with Gasteiger partial charge < -0.3 is 0 Å². The van der Waals surface area contributed by atoms with Gasteiger partial charge in [-0.3, -0.25) is 19.7 Å². The smallest absolute Gasteiger partial charge is 0.268 e. The van der Waals surface area contributed by atoms with Gasteiger partial charge in [-0.1, -0.05) is 66.4 Å². The van der Waals surface area contributed by atoms with Crippen molar-refractivity contribution >= 4 is 35.1 Å². The standard InChI is InChI=1S/C25H15N5O4S/c26-14-19-22(35-15-16-8-3-1-4-9-16)27-29(17-10-5-2-6-11-17)23(19)28-24(31)18-12-7-13-20(30(33)34)21(18)25(28)32/h1-13H,15H2. The fourth-order valence-electron chi connectivity index (χ4n) is 3.88. The van der Waals surface area contributed by atoms with Gasteiger partial charge in [-0.2, -0.15) is 10.4 Å². The number of aromatic nitrogens is 2. The van der Waals surface area contributed by atoms with Gasteiger partial charge in [0.2, 0.25) is 0 Å². The highest BCUT2D eigenvalue weighted by molar-refractivity contribution is 7.98. The van der Waals surface area contributed by atoms with E-state index in [9.17, 15) is 25.0 Å². The minimum atomic E-state index is -0.870. The van der Waals surface area contributed by atoms with Gasteiger partial charge >= 0.3 is 0 Å². The number of nitrogens with zero attached hydrogens (tertiary/aromatic N) is 5. The number of nitro groups is 1. The van der Waals surface area contributed by atoms with Crippen LogP contribution in [0.15, 0.2) is 83.9 Å². The monoisotopic (exact) mass is 481 g/mol. The normalized spacial score (nSPS) is 12.5. The highest BCUT2D eigenvalue weighted by atomic mass is 32.2. The van der Waals surface area contributed by atoms with Crippen molar-refractivity contribution in [2.24, 2.45) is 0 Å². The van der Waals surface area contributed by atoms with Crippen LogP contribution in [0.5, 0.6) is 0 Å². The minimum absolute atomic E-state index is 0.0342. The number of fused-ring (bicyclic) bond motifs is 1. The number of carbonyl (C=O) groups excluding carboxylic acids is 2. The molecule has 0 radical (unpaired) electrons. The Hall–Kier alpha value is -4.75. The molecule has 2 heterocycles. The van der Waals surface area contributed by atoms with E-state index >= 15 is 0 Å². The molecule has 4 aromatic rings.